The van der Waals surface area contributed by atoms with E-state index < -0.39 is 0 Å². The molecule has 1 aromatic carbocycles. The SMILES string of the molecule is O=C(Cc1ccc(Cl)cc1)C1CCCNC1. The number of hydrogen-bond acceptors (Lipinski definition) is 2. The van der Waals surface area contributed by atoms with E-state index in [9.17, 15) is 4.79 Å². The second kappa shape index (κ2) is 5.46. The molecule has 0 aliphatic carbocycles. The molecular weight excluding hydrogens is 222 g/mol. The Labute approximate surface area is 101 Å². The van der Waals surface area contributed by atoms with Crippen LogP contribution >= 0.6 is 11.6 Å². The predicted octanol–water partition coefficient (Wildman–Crippen LogP) is 2.45. The standard InChI is InChI=1S/C13H16ClNO/c14-12-5-3-10(4-6-12)8-13(16)11-2-1-7-15-9-11/h3-6,11,15H,1-2,7-9H2. The van der Waals surface area contributed by atoms with E-state index in [2.05, 4.69) is 5.32 Å². The lowest BCUT2D eigenvalue weighted by molar-refractivity contribution is -0.122. The van der Waals surface area contributed by atoms with E-state index in [1.807, 2.05) is 24.3 Å². The first-order valence-corrected chi connectivity index (χ1v) is 6.11. The van der Waals surface area contributed by atoms with E-state index in [1.165, 1.54) is 0 Å². The van der Waals surface area contributed by atoms with Gasteiger partial charge in [0.15, 0.2) is 0 Å². The van der Waals surface area contributed by atoms with Gasteiger partial charge < -0.3 is 5.32 Å². The van der Waals surface area contributed by atoms with Crippen molar-refractivity contribution in [1.29, 1.82) is 0 Å². The smallest absolute Gasteiger partial charge is 0.141 e. The van der Waals surface area contributed by atoms with Gasteiger partial charge in [-0.2, -0.15) is 0 Å². The van der Waals surface area contributed by atoms with Crippen molar-refractivity contribution in [1.82, 2.24) is 5.32 Å². The Balaban J connectivity index is 1.93. The van der Waals surface area contributed by atoms with Crippen LogP contribution in [0.3, 0.4) is 0 Å². The van der Waals surface area contributed by atoms with Gasteiger partial charge in [0.25, 0.3) is 0 Å². The number of rotatable bonds is 3. The molecule has 1 aliphatic heterocycles. The minimum atomic E-state index is 0.199. The van der Waals surface area contributed by atoms with Crippen molar-refractivity contribution in [2.45, 2.75) is 19.3 Å². The van der Waals surface area contributed by atoms with Crippen LogP contribution in [0.15, 0.2) is 24.3 Å². The van der Waals surface area contributed by atoms with Crippen molar-refractivity contribution in [2.75, 3.05) is 13.1 Å². The lowest BCUT2D eigenvalue weighted by atomic mass is 9.91. The molecule has 0 radical (unpaired) electrons. The second-order valence-corrected chi connectivity index (χ2v) is 4.75. The highest BCUT2D eigenvalue weighted by molar-refractivity contribution is 6.30. The van der Waals surface area contributed by atoms with E-state index in [0.717, 1.165) is 36.5 Å². The van der Waals surface area contributed by atoms with Crippen molar-refractivity contribution in [3.63, 3.8) is 0 Å². The third-order valence-electron chi connectivity index (χ3n) is 3.04. The van der Waals surface area contributed by atoms with Gasteiger partial charge in [0, 0.05) is 23.9 Å². The largest absolute Gasteiger partial charge is 0.316 e. The first-order valence-electron chi connectivity index (χ1n) is 5.73. The van der Waals surface area contributed by atoms with Gasteiger partial charge in [-0.1, -0.05) is 23.7 Å². The van der Waals surface area contributed by atoms with E-state index in [4.69, 9.17) is 11.6 Å². The average molecular weight is 238 g/mol. The third kappa shape index (κ3) is 3.06. The summed E-state index contributed by atoms with van der Waals surface area (Å²) >= 11 is 5.80. The predicted molar refractivity (Wildman–Crippen MR) is 65.8 cm³/mol. The molecule has 1 aliphatic rings. The number of carbonyl (C=O) groups excluding carboxylic acids is 1. The third-order valence-corrected chi connectivity index (χ3v) is 3.30. The highest BCUT2D eigenvalue weighted by Gasteiger charge is 2.20. The summed E-state index contributed by atoms with van der Waals surface area (Å²) in [6, 6.07) is 7.53. The van der Waals surface area contributed by atoms with E-state index in [-0.39, 0.29) is 5.92 Å². The average Bonchev–Trinajstić information content (AvgIpc) is 2.33. The van der Waals surface area contributed by atoms with Crippen molar-refractivity contribution in [3.05, 3.63) is 34.9 Å². The summed E-state index contributed by atoms with van der Waals surface area (Å²) in [5, 5.41) is 3.99. The van der Waals surface area contributed by atoms with Crippen LogP contribution < -0.4 is 5.32 Å². The molecule has 0 bridgehead atoms. The lowest BCUT2D eigenvalue weighted by Crippen LogP contribution is -2.35. The zero-order valence-electron chi connectivity index (χ0n) is 9.21. The van der Waals surface area contributed by atoms with Crippen molar-refractivity contribution >= 4 is 17.4 Å². The molecule has 16 heavy (non-hydrogen) atoms. The number of piperidine rings is 1. The monoisotopic (exact) mass is 237 g/mol. The molecule has 2 rings (SSSR count). The van der Waals surface area contributed by atoms with Gasteiger partial charge in [0.1, 0.15) is 5.78 Å². The number of carbonyl (C=O) groups is 1. The number of Topliss-reactive ketones (excluding diaryl/α,β-unsaturated/α-hetero) is 1. The maximum absolute atomic E-state index is 12.0. The number of halogens is 1. The molecule has 0 saturated carbocycles. The van der Waals surface area contributed by atoms with Gasteiger partial charge in [-0.15, -0.1) is 0 Å². The summed E-state index contributed by atoms with van der Waals surface area (Å²) in [7, 11) is 0. The lowest BCUT2D eigenvalue weighted by Gasteiger charge is -2.21. The van der Waals surface area contributed by atoms with Crippen LogP contribution in [0.25, 0.3) is 0 Å². The van der Waals surface area contributed by atoms with Gasteiger partial charge >= 0.3 is 0 Å². The van der Waals surface area contributed by atoms with E-state index >= 15 is 0 Å². The van der Waals surface area contributed by atoms with Gasteiger partial charge in [0.2, 0.25) is 0 Å². The zero-order valence-corrected chi connectivity index (χ0v) is 9.96. The Kier molecular flexibility index (Phi) is 3.97. The zero-order chi connectivity index (χ0) is 11.4. The number of hydrogen-bond donors (Lipinski definition) is 1. The molecule has 1 aromatic rings. The summed E-state index contributed by atoms with van der Waals surface area (Å²) in [4.78, 5) is 12.0. The molecule has 2 nitrogen and oxygen atoms in total. The van der Waals surface area contributed by atoms with Crippen LogP contribution in [0.2, 0.25) is 5.02 Å². The molecule has 1 heterocycles. The fourth-order valence-electron chi connectivity index (χ4n) is 2.07. The van der Waals surface area contributed by atoms with Crippen LogP contribution in [-0.4, -0.2) is 18.9 Å². The topological polar surface area (TPSA) is 29.1 Å². The molecule has 1 atom stereocenters. The summed E-state index contributed by atoms with van der Waals surface area (Å²) in [6.07, 6.45) is 2.67. The Bertz CT molecular complexity index is 355. The van der Waals surface area contributed by atoms with E-state index in [0.29, 0.717) is 12.2 Å². The van der Waals surface area contributed by atoms with Crippen LogP contribution in [0.4, 0.5) is 0 Å². The van der Waals surface area contributed by atoms with Gasteiger partial charge in [-0.05, 0) is 37.1 Å². The molecule has 0 amide bonds. The maximum atomic E-state index is 12.0. The van der Waals surface area contributed by atoms with Crippen molar-refractivity contribution in [2.24, 2.45) is 5.92 Å². The molecular formula is C13H16ClNO. The first kappa shape index (κ1) is 11.6. The Hall–Kier alpha value is -0.860. The first-order chi connectivity index (χ1) is 7.75. The quantitative estimate of drug-likeness (QED) is 0.875. The van der Waals surface area contributed by atoms with Crippen molar-refractivity contribution < 1.29 is 4.79 Å². The molecule has 86 valence electrons. The highest BCUT2D eigenvalue weighted by atomic mass is 35.5. The van der Waals surface area contributed by atoms with Crippen LogP contribution in [0.1, 0.15) is 18.4 Å². The number of ketones is 1. The molecule has 0 aromatic heterocycles. The molecule has 3 heteroatoms. The maximum Gasteiger partial charge on any atom is 0.141 e. The van der Waals surface area contributed by atoms with Gasteiger partial charge in [-0.3, -0.25) is 4.79 Å². The summed E-state index contributed by atoms with van der Waals surface area (Å²) in [5.74, 6) is 0.541. The Morgan fingerprint density at radius 2 is 2.12 bits per heavy atom. The fourth-order valence-corrected chi connectivity index (χ4v) is 2.20. The van der Waals surface area contributed by atoms with E-state index in [1.54, 1.807) is 0 Å². The Morgan fingerprint density at radius 1 is 1.38 bits per heavy atom. The highest BCUT2D eigenvalue weighted by Crippen LogP contribution is 2.15. The molecule has 1 saturated heterocycles. The summed E-state index contributed by atoms with van der Waals surface area (Å²) in [6.45, 7) is 1.89. The van der Waals surface area contributed by atoms with Crippen LogP contribution in [-0.2, 0) is 11.2 Å². The minimum absolute atomic E-state index is 0.199. The second-order valence-electron chi connectivity index (χ2n) is 4.31. The van der Waals surface area contributed by atoms with Gasteiger partial charge in [0.05, 0.1) is 0 Å². The molecule has 0 spiro atoms. The van der Waals surface area contributed by atoms with Crippen molar-refractivity contribution in [3.8, 4) is 0 Å². The minimum Gasteiger partial charge on any atom is -0.316 e. The Morgan fingerprint density at radius 3 is 2.75 bits per heavy atom. The number of benzene rings is 1. The summed E-state index contributed by atoms with van der Waals surface area (Å²) in [5.41, 5.74) is 1.06. The van der Waals surface area contributed by atoms with Crippen LogP contribution in [0.5, 0.6) is 0 Å². The summed E-state index contributed by atoms with van der Waals surface area (Å²) < 4.78 is 0. The normalized spacial score (nSPS) is 20.7. The van der Waals surface area contributed by atoms with Gasteiger partial charge in [-0.25, -0.2) is 0 Å². The molecule has 1 N–H and O–H groups in total. The number of nitrogens with one attached hydrogen (secondary N) is 1. The molecule has 1 fully saturated rings. The molecule has 1 unspecified atom stereocenters. The fraction of sp³-hybridized carbons (Fsp3) is 0.462. The van der Waals surface area contributed by atoms with Crippen LogP contribution in [0, 0.1) is 5.92 Å².